The highest BCUT2D eigenvalue weighted by molar-refractivity contribution is 6.30. The summed E-state index contributed by atoms with van der Waals surface area (Å²) in [6.07, 6.45) is 0.876. The van der Waals surface area contributed by atoms with Crippen molar-refractivity contribution >= 4 is 23.4 Å². The van der Waals surface area contributed by atoms with E-state index in [1.54, 1.807) is 29.2 Å². The SMILES string of the molecule is O=C(NCc1ccc(Cl)cc1)C1CC(=O)N(CCc2ccc(F)cc2)C1. The van der Waals surface area contributed by atoms with Crippen molar-refractivity contribution in [3.05, 3.63) is 70.5 Å². The first-order chi connectivity index (χ1) is 12.5. The van der Waals surface area contributed by atoms with Crippen LogP contribution in [0.5, 0.6) is 0 Å². The average Bonchev–Trinajstić information content (AvgIpc) is 3.01. The number of benzene rings is 2. The molecule has 2 amide bonds. The Morgan fingerprint density at radius 3 is 2.46 bits per heavy atom. The smallest absolute Gasteiger partial charge is 0.225 e. The Kier molecular flexibility index (Phi) is 5.89. The van der Waals surface area contributed by atoms with Gasteiger partial charge in [0.1, 0.15) is 5.82 Å². The van der Waals surface area contributed by atoms with Gasteiger partial charge in [0.15, 0.2) is 0 Å². The number of hydrogen-bond donors (Lipinski definition) is 1. The van der Waals surface area contributed by atoms with Crippen molar-refractivity contribution in [2.45, 2.75) is 19.4 Å². The summed E-state index contributed by atoms with van der Waals surface area (Å²) in [7, 11) is 0. The van der Waals surface area contributed by atoms with Crippen LogP contribution in [0.1, 0.15) is 17.5 Å². The van der Waals surface area contributed by atoms with Crippen molar-refractivity contribution in [3.8, 4) is 0 Å². The fourth-order valence-corrected chi connectivity index (χ4v) is 3.14. The van der Waals surface area contributed by atoms with Gasteiger partial charge in [-0.1, -0.05) is 35.9 Å². The van der Waals surface area contributed by atoms with Gasteiger partial charge in [-0.05, 0) is 41.8 Å². The summed E-state index contributed by atoms with van der Waals surface area (Å²) in [6.45, 7) is 1.37. The minimum absolute atomic E-state index is 0.0150. The molecule has 4 nitrogen and oxygen atoms in total. The molecule has 0 bridgehead atoms. The number of nitrogens with one attached hydrogen (secondary N) is 1. The molecule has 1 aliphatic rings. The molecule has 1 atom stereocenters. The molecule has 6 heteroatoms. The van der Waals surface area contributed by atoms with Crippen molar-refractivity contribution < 1.29 is 14.0 Å². The highest BCUT2D eigenvalue weighted by Gasteiger charge is 2.33. The Morgan fingerprint density at radius 1 is 1.12 bits per heavy atom. The van der Waals surface area contributed by atoms with Gasteiger partial charge in [0.2, 0.25) is 11.8 Å². The maximum Gasteiger partial charge on any atom is 0.225 e. The van der Waals surface area contributed by atoms with Crippen molar-refractivity contribution in [3.63, 3.8) is 0 Å². The summed E-state index contributed by atoms with van der Waals surface area (Å²) in [5, 5.41) is 3.53. The Balaban J connectivity index is 1.47. The van der Waals surface area contributed by atoms with Gasteiger partial charge < -0.3 is 10.2 Å². The van der Waals surface area contributed by atoms with E-state index in [2.05, 4.69) is 5.32 Å². The minimum Gasteiger partial charge on any atom is -0.352 e. The number of carbonyl (C=O) groups excluding carboxylic acids is 2. The molecule has 0 spiro atoms. The molecule has 2 aromatic rings. The van der Waals surface area contributed by atoms with E-state index in [0.29, 0.717) is 31.1 Å². The monoisotopic (exact) mass is 374 g/mol. The van der Waals surface area contributed by atoms with E-state index in [4.69, 9.17) is 11.6 Å². The zero-order valence-corrected chi connectivity index (χ0v) is 15.0. The largest absolute Gasteiger partial charge is 0.352 e. The summed E-state index contributed by atoms with van der Waals surface area (Å²) in [6, 6.07) is 13.5. The van der Waals surface area contributed by atoms with Gasteiger partial charge in [-0.2, -0.15) is 0 Å². The molecule has 0 aromatic heterocycles. The summed E-state index contributed by atoms with van der Waals surface area (Å²) in [5.41, 5.74) is 1.93. The van der Waals surface area contributed by atoms with Crippen molar-refractivity contribution in [1.82, 2.24) is 10.2 Å². The molecule has 1 saturated heterocycles. The van der Waals surface area contributed by atoms with Crippen LogP contribution >= 0.6 is 11.6 Å². The zero-order chi connectivity index (χ0) is 18.5. The van der Waals surface area contributed by atoms with E-state index in [-0.39, 0.29) is 30.0 Å². The Labute approximate surface area is 157 Å². The number of rotatable bonds is 6. The molecule has 0 saturated carbocycles. The van der Waals surface area contributed by atoms with Crippen molar-refractivity contribution in [2.75, 3.05) is 13.1 Å². The van der Waals surface area contributed by atoms with Crippen LogP contribution in [0.4, 0.5) is 4.39 Å². The lowest BCUT2D eigenvalue weighted by molar-refractivity contribution is -0.129. The van der Waals surface area contributed by atoms with Crippen LogP contribution in [0.3, 0.4) is 0 Å². The molecule has 136 valence electrons. The second-order valence-corrected chi connectivity index (χ2v) is 6.90. The number of halogens is 2. The van der Waals surface area contributed by atoms with Gasteiger partial charge in [0.05, 0.1) is 5.92 Å². The summed E-state index contributed by atoms with van der Waals surface area (Å²) < 4.78 is 12.9. The number of amides is 2. The summed E-state index contributed by atoms with van der Waals surface area (Å²) in [4.78, 5) is 26.2. The number of carbonyl (C=O) groups is 2. The van der Waals surface area contributed by atoms with Crippen LogP contribution in [0, 0.1) is 11.7 Å². The maximum absolute atomic E-state index is 12.9. The zero-order valence-electron chi connectivity index (χ0n) is 14.3. The van der Waals surface area contributed by atoms with Gasteiger partial charge in [-0.25, -0.2) is 4.39 Å². The third-order valence-electron chi connectivity index (χ3n) is 4.55. The third kappa shape index (κ3) is 4.82. The van der Waals surface area contributed by atoms with E-state index < -0.39 is 0 Å². The normalized spacial score (nSPS) is 16.8. The van der Waals surface area contributed by atoms with E-state index in [1.165, 1.54) is 12.1 Å². The van der Waals surface area contributed by atoms with Gasteiger partial charge >= 0.3 is 0 Å². The van der Waals surface area contributed by atoms with Crippen LogP contribution in [0.15, 0.2) is 48.5 Å². The standard InChI is InChI=1S/C20H20ClFN2O2/c21-17-5-1-15(2-6-17)12-23-20(26)16-11-19(25)24(13-16)10-9-14-3-7-18(22)8-4-14/h1-8,16H,9-13H2,(H,23,26). The molecule has 1 heterocycles. The number of likely N-dealkylation sites (tertiary alicyclic amines) is 1. The molecule has 1 N–H and O–H groups in total. The van der Waals surface area contributed by atoms with Crippen LogP contribution in [0.2, 0.25) is 5.02 Å². The van der Waals surface area contributed by atoms with Crippen LogP contribution in [0.25, 0.3) is 0 Å². The molecule has 1 fully saturated rings. The topological polar surface area (TPSA) is 49.4 Å². The van der Waals surface area contributed by atoms with Gasteiger partial charge in [0.25, 0.3) is 0 Å². The molecule has 26 heavy (non-hydrogen) atoms. The lowest BCUT2D eigenvalue weighted by Gasteiger charge is -2.16. The third-order valence-corrected chi connectivity index (χ3v) is 4.80. The molecule has 0 aliphatic carbocycles. The molecule has 1 aliphatic heterocycles. The van der Waals surface area contributed by atoms with Gasteiger partial charge in [0, 0.05) is 31.1 Å². The van der Waals surface area contributed by atoms with E-state index in [1.807, 2.05) is 12.1 Å². The Hall–Kier alpha value is -2.40. The summed E-state index contributed by atoms with van der Waals surface area (Å²) >= 11 is 5.84. The minimum atomic E-state index is -0.331. The molecule has 1 unspecified atom stereocenters. The quantitative estimate of drug-likeness (QED) is 0.844. The first kappa shape index (κ1) is 18.4. The predicted molar refractivity (Wildman–Crippen MR) is 98.1 cm³/mol. The first-order valence-corrected chi connectivity index (χ1v) is 8.93. The Bertz CT molecular complexity index is 777. The van der Waals surface area contributed by atoms with Crippen LogP contribution in [-0.4, -0.2) is 29.8 Å². The predicted octanol–water partition coefficient (Wildman–Crippen LogP) is 3.19. The molecule has 0 radical (unpaired) electrons. The van der Waals surface area contributed by atoms with Gasteiger partial charge in [-0.3, -0.25) is 9.59 Å². The average molecular weight is 375 g/mol. The molecule has 3 rings (SSSR count). The lowest BCUT2D eigenvalue weighted by atomic mass is 10.1. The summed E-state index contributed by atoms with van der Waals surface area (Å²) in [5.74, 6) is -0.734. The lowest BCUT2D eigenvalue weighted by Crippen LogP contribution is -2.33. The van der Waals surface area contributed by atoms with E-state index >= 15 is 0 Å². The second kappa shape index (κ2) is 8.32. The highest BCUT2D eigenvalue weighted by Crippen LogP contribution is 2.19. The molecular formula is C20H20ClFN2O2. The molecule has 2 aromatic carbocycles. The Morgan fingerprint density at radius 2 is 1.77 bits per heavy atom. The number of hydrogen-bond acceptors (Lipinski definition) is 2. The van der Waals surface area contributed by atoms with E-state index in [9.17, 15) is 14.0 Å². The molecular weight excluding hydrogens is 355 g/mol. The van der Waals surface area contributed by atoms with Crippen LogP contribution < -0.4 is 5.32 Å². The van der Waals surface area contributed by atoms with E-state index in [0.717, 1.165) is 11.1 Å². The highest BCUT2D eigenvalue weighted by atomic mass is 35.5. The second-order valence-electron chi connectivity index (χ2n) is 6.46. The van der Waals surface area contributed by atoms with Gasteiger partial charge in [-0.15, -0.1) is 0 Å². The van der Waals surface area contributed by atoms with Crippen LogP contribution in [-0.2, 0) is 22.6 Å². The van der Waals surface area contributed by atoms with Crippen molar-refractivity contribution in [1.29, 1.82) is 0 Å². The first-order valence-electron chi connectivity index (χ1n) is 8.55. The number of nitrogens with zero attached hydrogens (tertiary/aromatic N) is 1. The maximum atomic E-state index is 12.9. The fraction of sp³-hybridized carbons (Fsp3) is 0.300. The van der Waals surface area contributed by atoms with Crippen molar-refractivity contribution in [2.24, 2.45) is 5.92 Å². The fourth-order valence-electron chi connectivity index (χ4n) is 3.01.